The molecule has 2 atom stereocenters. The first-order valence-corrected chi connectivity index (χ1v) is 7.72. The molecule has 0 bridgehead atoms. The molecular formula is C16H20N4O2. The molecule has 2 aliphatic rings. The van der Waals surface area contributed by atoms with Crippen molar-refractivity contribution >= 4 is 11.6 Å². The van der Waals surface area contributed by atoms with Crippen LogP contribution in [0.4, 0.5) is 5.69 Å². The van der Waals surface area contributed by atoms with E-state index in [0.717, 1.165) is 36.7 Å². The largest absolute Gasteiger partial charge is 0.465 e. The molecule has 2 aliphatic heterocycles. The third-order valence-electron chi connectivity index (χ3n) is 4.73. The molecule has 116 valence electrons. The number of aryl methyl sites for hydroxylation is 2. The van der Waals surface area contributed by atoms with Crippen molar-refractivity contribution < 1.29 is 9.21 Å². The molecule has 2 saturated heterocycles. The first kappa shape index (κ1) is 13.6. The van der Waals surface area contributed by atoms with Gasteiger partial charge >= 0.3 is 0 Å². The molecule has 2 aromatic rings. The summed E-state index contributed by atoms with van der Waals surface area (Å²) >= 11 is 0. The lowest BCUT2D eigenvalue weighted by Crippen LogP contribution is -2.37. The van der Waals surface area contributed by atoms with Gasteiger partial charge in [-0.25, -0.2) is 0 Å². The third-order valence-corrected chi connectivity index (χ3v) is 4.73. The summed E-state index contributed by atoms with van der Waals surface area (Å²) in [5.74, 6) is 2.11. The average Bonchev–Trinajstić information content (AvgIpc) is 3.20. The number of carbonyl (C=O) groups is 1. The Morgan fingerprint density at radius 3 is 2.91 bits per heavy atom. The van der Waals surface area contributed by atoms with Gasteiger partial charge in [0.25, 0.3) is 0 Å². The summed E-state index contributed by atoms with van der Waals surface area (Å²) in [5.41, 5.74) is 0.913. The zero-order valence-electron chi connectivity index (χ0n) is 12.9. The smallest absolute Gasteiger partial charge is 0.229 e. The molecule has 0 unspecified atom stereocenters. The van der Waals surface area contributed by atoms with Crippen LogP contribution in [0.1, 0.15) is 24.4 Å². The second-order valence-electron chi connectivity index (χ2n) is 6.25. The van der Waals surface area contributed by atoms with Crippen LogP contribution in [0, 0.1) is 6.92 Å². The van der Waals surface area contributed by atoms with Crippen molar-refractivity contribution in [2.75, 3.05) is 11.4 Å². The summed E-state index contributed by atoms with van der Waals surface area (Å²) in [4.78, 5) is 16.7. The van der Waals surface area contributed by atoms with E-state index in [1.165, 1.54) is 0 Å². The summed E-state index contributed by atoms with van der Waals surface area (Å²) in [7, 11) is 1.88. The highest BCUT2D eigenvalue weighted by Crippen LogP contribution is 2.36. The Hall–Kier alpha value is -2.08. The van der Waals surface area contributed by atoms with Crippen LogP contribution in [-0.4, -0.2) is 39.2 Å². The van der Waals surface area contributed by atoms with Crippen molar-refractivity contribution in [3.63, 3.8) is 0 Å². The summed E-state index contributed by atoms with van der Waals surface area (Å²) in [6, 6.07) is 4.55. The topological polar surface area (TPSA) is 54.5 Å². The SMILES string of the molecule is Cc1ccc(CN2CC[C@@H]3[C@@H]2CC(=O)N3c2cnn(C)c2)o1. The van der Waals surface area contributed by atoms with Crippen molar-refractivity contribution in [2.24, 2.45) is 7.05 Å². The minimum atomic E-state index is 0.198. The number of furan rings is 1. The van der Waals surface area contributed by atoms with Gasteiger partial charge in [-0.15, -0.1) is 0 Å². The molecule has 2 fully saturated rings. The maximum absolute atomic E-state index is 12.4. The Balaban J connectivity index is 1.54. The van der Waals surface area contributed by atoms with E-state index in [4.69, 9.17) is 4.42 Å². The third kappa shape index (κ3) is 2.14. The van der Waals surface area contributed by atoms with Gasteiger partial charge in [0.2, 0.25) is 5.91 Å². The summed E-state index contributed by atoms with van der Waals surface area (Å²) in [5, 5.41) is 4.19. The highest BCUT2D eigenvalue weighted by molar-refractivity contribution is 5.97. The van der Waals surface area contributed by atoms with E-state index in [0.29, 0.717) is 6.42 Å². The number of aromatic nitrogens is 2. The predicted octanol–water partition coefficient (Wildman–Crippen LogP) is 1.70. The summed E-state index contributed by atoms with van der Waals surface area (Å²) in [6.07, 6.45) is 5.28. The van der Waals surface area contributed by atoms with Gasteiger partial charge < -0.3 is 9.32 Å². The van der Waals surface area contributed by atoms with Gasteiger partial charge in [0.1, 0.15) is 11.5 Å². The van der Waals surface area contributed by atoms with Gasteiger partial charge in [-0.2, -0.15) is 5.10 Å². The maximum Gasteiger partial charge on any atom is 0.229 e. The lowest BCUT2D eigenvalue weighted by molar-refractivity contribution is -0.117. The monoisotopic (exact) mass is 300 g/mol. The lowest BCUT2D eigenvalue weighted by Gasteiger charge is -2.23. The first-order valence-electron chi connectivity index (χ1n) is 7.72. The van der Waals surface area contributed by atoms with Crippen LogP contribution in [0.25, 0.3) is 0 Å². The number of amides is 1. The van der Waals surface area contributed by atoms with Crippen molar-refractivity contribution in [1.29, 1.82) is 0 Å². The second-order valence-corrected chi connectivity index (χ2v) is 6.25. The quantitative estimate of drug-likeness (QED) is 0.866. The molecule has 1 amide bonds. The van der Waals surface area contributed by atoms with Crippen molar-refractivity contribution in [1.82, 2.24) is 14.7 Å². The number of hydrogen-bond acceptors (Lipinski definition) is 4. The number of nitrogens with zero attached hydrogens (tertiary/aromatic N) is 4. The molecule has 0 spiro atoms. The molecule has 22 heavy (non-hydrogen) atoms. The molecule has 0 saturated carbocycles. The van der Waals surface area contributed by atoms with Crippen molar-refractivity contribution in [3.8, 4) is 0 Å². The number of carbonyl (C=O) groups excluding carboxylic acids is 1. The number of likely N-dealkylation sites (tertiary alicyclic amines) is 1. The van der Waals surface area contributed by atoms with Gasteiger partial charge in [0, 0.05) is 32.3 Å². The second kappa shape index (κ2) is 4.98. The number of hydrogen-bond donors (Lipinski definition) is 0. The predicted molar refractivity (Wildman–Crippen MR) is 81.4 cm³/mol. The molecule has 0 N–H and O–H groups in total. The highest BCUT2D eigenvalue weighted by atomic mass is 16.3. The van der Waals surface area contributed by atoms with E-state index in [9.17, 15) is 4.79 Å². The molecule has 4 rings (SSSR count). The molecule has 6 nitrogen and oxygen atoms in total. The number of anilines is 1. The van der Waals surface area contributed by atoms with Crippen LogP contribution in [0.2, 0.25) is 0 Å². The molecular weight excluding hydrogens is 280 g/mol. The Kier molecular flexibility index (Phi) is 3.07. The molecule has 2 aromatic heterocycles. The van der Waals surface area contributed by atoms with E-state index >= 15 is 0 Å². The lowest BCUT2D eigenvalue weighted by atomic mass is 10.1. The zero-order chi connectivity index (χ0) is 15.3. The van der Waals surface area contributed by atoms with Crippen LogP contribution in [0.3, 0.4) is 0 Å². The van der Waals surface area contributed by atoms with Gasteiger partial charge in [0.05, 0.1) is 24.5 Å². The van der Waals surface area contributed by atoms with E-state index in [2.05, 4.69) is 10.00 Å². The van der Waals surface area contributed by atoms with Crippen LogP contribution in [0.15, 0.2) is 28.9 Å². The van der Waals surface area contributed by atoms with Gasteiger partial charge in [-0.3, -0.25) is 14.4 Å². The van der Waals surface area contributed by atoms with Gasteiger partial charge in [-0.1, -0.05) is 0 Å². The Morgan fingerprint density at radius 1 is 1.36 bits per heavy atom. The normalized spacial score (nSPS) is 25.2. The Labute approximate surface area is 129 Å². The first-order chi connectivity index (χ1) is 10.6. The fourth-order valence-corrected chi connectivity index (χ4v) is 3.76. The Morgan fingerprint density at radius 2 is 2.23 bits per heavy atom. The average molecular weight is 300 g/mol. The van der Waals surface area contributed by atoms with Crippen LogP contribution in [0.5, 0.6) is 0 Å². The molecule has 0 aliphatic carbocycles. The van der Waals surface area contributed by atoms with Crippen molar-refractivity contribution in [2.45, 2.75) is 38.4 Å². The molecule has 6 heteroatoms. The van der Waals surface area contributed by atoms with Crippen LogP contribution < -0.4 is 4.90 Å². The fourth-order valence-electron chi connectivity index (χ4n) is 3.76. The summed E-state index contributed by atoms with van der Waals surface area (Å²) in [6.45, 7) is 3.74. The van der Waals surface area contributed by atoms with E-state index in [-0.39, 0.29) is 18.0 Å². The maximum atomic E-state index is 12.4. The molecule has 0 aromatic carbocycles. The van der Waals surface area contributed by atoms with Crippen molar-refractivity contribution in [3.05, 3.63) is 36.0 Å². The van der Waals surface area contributed by atoms with Gasteiger partial charge in [0.15, 0.2) is 0 Å². The minimum absolute atomic E-state index is 0.198. The van der Waals surface area contributed by atoms with Gasteiger partial charge in [-0.05, 0) is 25.5 Å². The van der Waals surface area contributed by atoms with Crippen LogP contribution in [-0.2, 0) is 18.4 Å². The fraction of sp³-hybridized carbons (Fsp3) is 0.500. The molecule has 0 radical (unpaired) electrons. The Bertz CT molecular complexity index is 705. The highest BCUT2D eigenvalue weighted by Gasteiger charge is 2.47. The number of fused-ring (bicyclic) bond motifs is 1. The van der Waals surface area contributed by atoms with Crippen LogP contribution >= 0.6 is 0 Å². The summed E-state index contributed by atoms with van der Waals surface area (Å²) < 4.78 is 7.43. The van der Waals surface area contributed by atoms with E-state index in [1.54, 1.807) is 10.9 Å². The zero-order valence-corrected chi connectivity index (χ0v) is 12.9. The molecule has 4 heterocycles. The van der Waals surface area contributed by atoms with E-state index in [1.807, 2.05) is 37.2 Å². The standard InChI is InChI=1S/C16H20N4O2/c1-11-3-4-13(22-11)10-19-6-5-14-15(19)7-16(21)20(14)12-8-17-18(2)9-12/h3-4,8-9,14-15H,5-7,10H2,1-2H3/t14-,15+/m1/s1. The minimum Gasteiger partial charge on any atom is -0.465 e. The number of rotatable bonds is 3. The van der Waals surface area contributed by atoms with E-state index < -0.39 is 0 Å².